The Kier molecular flexibility index (Phi) is 6.25. The van der Waals surface area contributed by atoms with Crippen molar-refractivity contribution in [1.29, 1.82) is 0 Å². The van der Waals surface area contributed by atoms with Crippen molar-refractivity contribution in [3.63, 3.8) is 0 Å². The number of unbranched alkanes of at least 4 members (excludes halogenated alkanes) is 1. The van der Waals surface area contributed by atoms with E-state index in [0.29, 0.717) is 12.1 Å². The summed E-state index contributed by atoms with van der Waals surface area (Å²) in [5, 5.41) is 3.65. The average molecular weight is 288 g/mol. The predicted octanol–water partition coefficient (Wildman–Crippen LogP) is 4.22. The summed E-state index contributed by atoms with van der Waals surface area (Å²) in [6, 6.07) is 8.07. The number of nitrogens with one attached hydrogen (secondary N) is 1. The van der Waals surface area contributed by atoms with E-state index in [-0.39, 0.29) is 0 Å². The molecule has 2 unspecified atom stereocenters. The van der Waals surface area contributed by atoms with E-state index in [9.17, 15) is 0 Å². The van der Waals surface area contributed by atoms with Crippen molar-refractivity contribution in [2.45, 2.75) is 65.5 Å². The van der Waals surface area contributed by atoms with Crippen LogP contribution in [-0.2, 0) is 0 Å². The molecule has 1 N–H and O–H groups in total. The second kappa shape index (κ2) is 7.95. The molecular formula is C19H32N2. The summed E-state index contributed by atoms with van der Waals surface area (Å²) in [4.78, 5) is 2.69. The summed E-state index contributed by atoms with van der Waals surface area (Å²) in [7, 11) is 0. The van der Waals surface area contributed by atoms with Gasteiger partial charge in [-0.3, -0.25) is 4.90 Å². The van der Waals surface area contributed by atoms with Crippen LogP contribution in [0.2, 0.25) is 0 Å². The van der Waals surface area contributed by atoms with Crippen LogP contribution in [0.5, 0.6) is 0 Å². The summed E-state index contributed by atoms with van der Waals surface area (Å²) in [6.45, 7) is 12.7. The zero-order chi connectivity index (χ0) is 15.2. The molecule has 1 aromatic carbocycles. The minimum absolute atomic E-state index is 0.513. The standard InChI is InChI=1S/C19H32N2/c1-5-6-12-21(14-18-8-7-11-20-18)17(4)19-13-15(2)9-10-16(19)3/h9-10,13,17-18,20H,5-8,11-12,14H2,1-4H3. The van der Waals surface area contributed by atoms with E-state index < -0.39 is 0 Å². The molecule has 0 spiro atoms. The third-order valence-corrected chi connectivity index (χ3v) is 4.85. The molecule has 0 aliphatic carbocycles. The molecular weight excluding hydrogens is 256 g/mol. The molecule has 0 aromatic heterocycles. The quantitative estimate of drug-likeness (QED) is 0.808. The molecule has 2 rings (SSSR count). The first kappa shape index (κ1) is 16.5. The first-order valence-electron chi connectivity index (χ1n) is 8.66. The van der Waals surface area contributed by atoms with Crippen molar-refractivity contribution in [1.82, 2.24) is 10.2 Å². The molecule has 2 heteroatoms. The van der Waals surface area contributed by atoms with E-state index >= 15 is 0 Å². The molecule has 21 heavy (non-hydrogen) atoms. The fourth-order valence-corrected chi connectivity index (χ4v) is 3.41. The number of hydrogen-bond donors (Lipinski definition) is 1. The Morgan fingerprint density at radius 3 is 2.81 bits per heavy atom. The molecule has 2 nitrogen and oxygen atoms in total. The molecule has 0 bridgehead atoms. The summed E-state index contributed by atoms with van der Waals surface area (Å²) in [5.41, 5.74) is 4.30. The Morgan fingerprint density at radius 2 is 2.14 bits per heavy atom. The SMILES string of the molecule is CCCCN(CC1CCCN1)C(C)c1cc(C)ccc1C. The minimum Gasteiger partial charge on any atom is -0.313 e. The number of nitrogens with zero attached hydrogens (tertiary/aromatic N) is 1. The lowest BCUT2D eigenvalue weighted by molar-refractivity contribution is 0.189. The van der Waals surface area contributed by atoms with Crippen LogP contribution in [0.4, 0.5) is 0 Å². The van der Waals surface area contributed by atoms with E-state index in [0.717, 1.165) is 0 Å². The molecule has 1 aliphatic heterocycles. The van der Waals surface area contributed by atoms with Gasteiger partial charge in [0, 0.05) is 18.6 Å². The highest BCUT2D eigenvalue weighted by Crippen LogP contribution is 2.26. The van der Waals surface area contributed by atoms with Gasteiger partial charge in [-0.05, 0) is 64.3 Å². The average Bonchev–Trinajstić information content (AvgIpc) is 2.98. The smallest absolute Gasteiger partial charge is 0.0323 e. The van der Waals surface area contributed by atoms with Crippen molar-refractivity contribution >= 4 is 0 Å². The molecule has 1 aromatic rings. The van der Waals surface area contributed by atoms with E-state index in [1.165, 1.54) is 62.0 Å². The normalized spacial score (nSPS) is 20.1. The molecule has 0 amide bonds. The van der Waals surface area contributed by atoms with Crippen LogP contribution >= 0.6 is 0 Å². The number of aryl methyl sites for hydroxylation is 2. The van der Waals surface area contributed by atoms with Gasteiger partial charge < -0.3 is 5.32 Å². The summed E-state index contributed by atoms with van der Waals surface area (Å²) < 4.78 is 0. The Morgan fingerprint density at radius 1 is 1.33 bits per heavy atom. The van der Waals surface area contributed by atoms with Crippen LogP contribution in [0.15, 0.2) is 18.2 Å². The minimum atomic E-state index is 0.513. The lowest BCUT2D eigenvalue weighted by Crippen LogP contribution is -2.39. The van der Waals surface area contributed by atoms with Crippen molar-refractivity contribution in [3.05, 3.63) is 34.9 Å². The molecule has 2 atom stereocenters. The molecule has 0 saturated carbocycles. The Bertz CT molecular complexity index is 435. The predicted molar refractivity (Wildman–Crippen MR) is 91.8 cm³/mol. The second-order valence-electron chi connectivity index (χ2n) is 6.68. The van der Waals surface area contributed by atoms with Gasteiger partial charge in [-0.15, -0.1) is 0 Å². The van der Waals surface area contributed by atoms with Crippen LogP contribution < -0.4 is 5.32 Å². The lowest BCUT2D eigenvalue weighted by Gasteiger charge is -2.32. The van der Waals surface area contributed by atoms with Crippen molar-refractivity contribution < 1.29 is 0 Å². The molecule has 1 saturated heterocycles. The molecule has 1 fully saturated rings. The maximum absolute atomic E-state index is 3.65. The van der Waals surface area contributed by atoms with Crippen LogP contribution in [-0.4, -0.2) is 30.6 Å². The maximum atomic E-state index is 3.65. The number of rotatable bonds is 7. The highest BCUT2D eigenvalue weighted by molar-refractivity contribution is 5.32. The van der Waals surface area contributed by atoms with Crippen molar-refractivity contribution in [2.75, 3.05) is 19.6 Å². The van der Waals surface area contributed by atoms with Gasteiger partial charge in [0.05, 0.1) is 0 Å². The Balaban J connectivity index is 2.11. The maximum Gasteiger partial charge on any atom is 0.0323 e. The van der Waals surface area contributed by atoms with Gasteiger partial charge in [0.25, 0.3) is 0 Å². The van der Waals surface area contributed by atoms with E-state index in [2.05, 4.69) is 56.1 Å². The van der Waals surface area contributed by atoms with Gasteiger partial charge in [0.15, 0.2) is 0 Å². The highest BCUT2D eigenvalue weighted by Gasteiger charge is 2.22. The molecule has 0 radical (unpaired) electrons. The first-order chi connectivity index (χ1) is 10.1. The van der Waals surface area contributed by atoms with Gasteiger partial charge in [0.2, 0.25) is 0 Å². The zero-order valence-corrected chi connectivity index (χ0v) is 14.3. The van der Waals surface area contributed by atoms with Gasteiger partial charge in [-0.1, -0.05) is 37.1 Å². The van der Waals surface area contributed by atoms with Gasteiger partial charge >= 0.3 is 0 Å². The van der Waals surface area contributed by atoms with E-state index in [1.807, 2.05) is 0 Å². The third-order valence-electron chi connectivity index (χ3n) is 4.85. The van der Waals surface area contributed by atoms with Gasteiger partial charge in [-0.2, -0.15) is 0 Å². The lowest BCUT2D eigenvalue weighted by atomic mass is 9.98. The van der Waals surface area contributed by atoms with Crippen LogP contribution in [0.25, 0.3) is 0 Å². The van der Waals surface area contributed by atoms with Crippen molar-refractivity contribution in [3.8, 4) is 0 Å². The zero-order valence-electron chi connectivity index (χ0n) is 14.3. The summed E-state index contributed by atoms with van der Waals surface area (Å²) in [6.07, 6.45) is 5.24. The third kappa shape index (κ3) is 4.55. The second-order valence-corrected chi connectivity index (χ2v) is 6.68. The Hall–Kier alpha value is -0.860. The van der Waals surface area contributed by atoms with E-state index in [1.54, 1.807) is 0 Å². The van der Waals surface area contributed by atoms with Crippen LogP contribution in [0.1, 0.15) is 62.3 Å². The molecule has 1 aliphatic rings. The van der Waals surface area contributed by atoms with Crippen LogP contribution in [0, 0.1) is 13.8 Å². The van der Waals surface area contributed by atoms with Crippen molar-refractivity contribution in [2.24, 2.45) is 0 Å². The van der Waals surface area contributed by atoms with Gasteiger partial charge in [-0.25, -0.2) is 0 Å². The largest absolute Gasteiger partial charge is 0.313 e. The monoisotopic (exact) mass is 288 g/mol. The topological polar surface area (TPSA) is 15.3 Å². The fraction of sp³-hybridized carbons (Fsp3) is 0.684. The van der Waals surface area contributed by atoms with E-state index in [4.69, 9.17) is 0 Å². The Labute approximate surface area is 130 Å². The van der Waals surface area contributed by atoms with Crippen LogP contribution in [0.3, 0.4) is 0 Å². The summed E-state index contributed by atoms with van der Waals surface area (Å²) >= 11 is 0. The van der Waals surface area contributed by atoms with Gasteiger partial charge in [0.1, 0.15) is 0 Å². The number of benzene rings is 1. The highest BCUT2D eigenvalue weighted by atomic mass is 15.2. The summed E-state index contributed by atoms with van der Waals surface area (Å²) in [5.74, 6) is 0. The first-order valence-corrected chi connectivity index (χ1v) is 8.66. The molecule has 1 heterocycles. The molecule has 118 valence electrons. The fourth-order valence-electron chi connectivity index (χ4n) is 3.41. The number of hydrogen-bond acceptors (Lipinski definition) is 2.